The van der Waals surface area contributed by atoms with Crippen LogP contribution in [0.2, 0.25) is 0 Å². The molecule has 0 aromatic carbocycles. The predicted molar refractivity (Wildman–Crippen MR) is 45.4 cm³/mol. The van der Waals surface area contributed by atoms with E-state index in [4.69, 9.17) is 4.74 Å². The lowest BCUT2D eigenvalue weighted by molar-refractivity contribution is -0.870. The van der Waals surface area contributed by atoms with Crippen molar-refractivity contribution in [3.05, 3.63) is 12.3 Å². The predicted octanol–water partition coefficient (Wildman–Crippen LogP) is -2.36. The highest BCUT2D eigenvalue weighted by atomic mass is 35.5. The van der Waals surface area contributed by atoms with Gasteiger partial charge in [-0.25, -0.2) is 4.99 Å². The Kier molecular flexibility index (Phi) is 4.28. The molecule has 1 aliphatic heterocycles. The van der Waals surface area contributed by atoms with Gasteiger partial charge in [0.15, 0.2) is 0 Å². The summed E-state index contributed by atoms with van der Waals surface area (Å²) in [4.78, 5) is 3.90. The molecule has 0 radical (unpaired) electrons. The van der Waals surface area contributed by atoms with E-state index in [1.165, 1.54) is 0 Å². The highest BCUT2D eigenvalue weighted by Crippen LogP contribution is 1.98. The van der Waals surface area contributed by atoms with E-state index in [1.807, 2.05) is 6.08 Å². The SMILES string of the molecule is C[N+](C)(C)CCOC1=NC=C1.[Cl-]. The maximum absolute atomic E-state index is 5.30. The number of nitrogens with zero attached hydrogens (tertiary/aromatic N) is 2. The van der Waals surface area contributed by atoms with Gasteiger partial charge in [0, 0.05) is 12.3 Å². The monoisotopic (exact) mass is 190 g/mol. The second-order valence-electron chi connectivity index (χ2n) is 3.65. The highest BCUT2D eigenvalue weighted by molar-refractivity contribution is 5.92. The summed E-state index contributed by atoms with van der Waals surface area (Å²) in [6.45, 7) is 1.75. The molecule has 3 nitrogen and oxygen atoms in total. The molecule has 0 amide bonds. The van der Waals surface area contributed by atoms with Gasteiger partial charge in [-0.2, -0.15) is 0 Å². The third kappa shape index (κ3) is 4.36. The quantitative estimate of drug-likeness (QED) is 0.457. The fourth-order valence-electron chi connectivity index (χ4n) is 0.645. The first-order valence-electron chi connectivity index (χ1n) is 3.75. The van der Waals surface area contributed by atoms with Crippen molar-refractivity contribution in [2.75, 3.05) is 34.3 Å². The first-order chi connectivity index (χ1) is 5.08. The number of hydrogen-bond acceptors (Lipinski definition) is 2. The smallest absolute Gasteiger partial charge is 0.214 e. The zero-order valence-electron chi connectivity index (χ0n) is 7.75. The topological polar surface area (TPSA) is 21.6 Å². The largest absolute Gasteiger partial charge is 1.00 e. The molecule has 0 atom stereocenters. The normalized spacial score (nSPS) is 14.4. The molecule has 0 saturated heterocycles. The van der Waals surface area contributed by atoms with Gasteiger partial charge < -0.3 is 21.6 Å². The second kappa shape index (κ2) is 4.48. The van der Waals surface area contributed by atoms with Gasteiger partial charge in [-0.3, -0.25) is 0 Å². The molecule has 0 spiro atoms. The lowest BCUT2D eigenvalue weighted by Gasteiger charge is -2.23. The number of rotatable bonds is 3. The number of quaternary nitrogens is 1. The van der Waals surface area contributed by atoms with Crippen molar-refractivity contribution in [2.45, 2.75) is 0 Å². The van der Waals surface area contributed by atoms with Crippen molar-refractivity contribution in [1.29, 1.82) is 0 Å². The van der Waals surface area contributed by atoms with Gasteiger partial charge >= 0.3 is 0 Å². The van der Waals surface area contributed by atoms with Crippen LogP contribution < -0.4 is 12.4 Å². The van der Waals surface area contributed by atoms with Crippen LogP contribution >= 0.6 is 0 Å². The highest BCUT2D eigenvalue weighted by Gasteiger charge is 2.08. The number of halogens is 1. The Morgan fingerprint density at radius 2 is 2.00 bits per heavy atom. The Morgan fingerprint density at radius 3 is 2.33 bits per heavy atom. The zero-order valence-corrected chi connectivity index (χ0v) is 8.51. The third-order valence-corrected chi connectivity index (χ3v) is 1.43. The third-order valence-electron chi connectivity index (χ3n) is 1.43. The lowest BCUT2D eigenvalue weighted by Crippen LogP contribution is -3.00. The van der Waals surface area contributed by atoms with Crippen LogP contribution in [0.4, 0.5) is 0 Å². The Morgan fingerprint density at radius 1 is 1.42 bits per heavy atom. The molecule has 12 heavy (non-hydrogen) atoms. The summed E-state index contributed by atoms with van der Waals surface area (Å²) in [5, 5.41) is 0. The summed E-state index contributed by atoms with van der Waals surface area (Å²) in [6.07, 6.45) is 3.61. The molecular weight excluding hydrogens is 176 g/mol. The summed E-state index contributed by atoms with van der Waals surface area (Å²) in [5.41, 5.74) is 0. The van der Waals surface area contributed by atoms with Crippen molar-refractivity contribution in [3.63, 3.8) is 0 Å². The molecule has 1 rings (SSSR count). The van der Waals surface area contributed by atoms with E-state index in [1.54, 1.807) is 6.20 Å². The Labute approximate surface area is 79.7 Å². The van der Waals surface area contributed by atoms with Crippen molar-refractivity contribution < 1.29 is 21.6 Å². The van der Waals surface area contributed by atoms with Gasteiger partial charge in [0.2, 0.25) is 5.90 Å². The molecule has 0 N–H and O–H groups in total. The molecule has 1 aliphatic rings. The van der Waals surface area contributed by atoms with Gasteiger partial charge in [-0.15, -0.1) is 0 Å². The molecule has 70 valence electrons. The first kappa shape index (κ1) is 11.5. The van der Waals surface area contributed by atoms with E-state index < -0.39 is 0 Å². The molecule has 0 unspecified atom stereocenters. The Hall–Kier alpha value is -0.540. The average molecular weight is 191 g/mol. The minimum atomic E-state index is 0. The van der Waals surface area contributed by atoms with E-state index >= 15 is 0 Å². The number of likely N-dealkylation sites (N-methyl/N-ethyl adjacent to an activating group) is 1. The van der Waals surface area contributed by atoms with Crippen LogP contribution in [0.1, 0.15) is 0 Å². The standard InChI is InChI=1S/C8H15N2O.ClH/c1-10(2,3)6-7-11-8-4-5-9-8;/h4-5H,6-7H2,1-3H3;1H/q+1;/p-1. The van der Waals surface area contributed by atoms with E-state index in [-0.39, 0.29) is 12.4 Å². The first-order valence-corrected chi connectivity index (χ1v) is 3.75. The lowest BCUT2D eigenvalue weighted by atomic mass is 10.5. The van der Waals surface area contributed by atoms with Crippen LogP contribution in [-0.4, -0.2) is 44.7 Å². The van der Waals surface area contributed by atoms with Crippen molar-refractivity contribution in [1.82, 2.24) is 0 Å². The summed E-state index contributed by atoms with van der Waals surface area (Å²) >= 11 is 0. The molecule has 0 fully saturated rings. The van der Waals surface area contributed by atoms with Gasteiger partial charge in [-0.05, 0) is 0 Å². The molecule has 0 aliphatic carbocycles. The molecule has 0 aromatic rings. The number of hydrogen-bond donors (Lipinski definition) is 0. The fraction of sp³-hybridized carbons (Fsp3) is 0.625. The van der Waals surface area contributed by atoms with Crippen LogP contribution in [0.15, 0.2) is 17.3 Å². The van der Waals surface area contributed by atoms with Crippen LogP contribution in [0.25, 0.3) is 0 Å². The van der Waals surface area contributed by atoms with E-state index in [0.717, 1.165) is 23.5 Å². The van der Waals surface area contributed by atoms with Crippen LogP contribution in [0.3, 0.4) is 0 Å². The van der Waals surface area contributed by atoms with E-state index in [0.29, 0.717) is 0 Å². The summed E-state index contributed by atoms with van der Waals surface area (Å²) in [6, 6.07) is 0. The number of ether oxygens (including phenoxy) is 1. The summed E-state index contributed by atoms with van der Waals surface area (Å²) < 4.78 is 6.23. The fourth-order valence-corrected chi connectivity index (χ4v) is 0.645. The molecule has 0 bridgehead atoms. The average Bonchev–Trinajstić information content (AvgIpc) is 1.73. The minimum absolute atomic E-state index is 0. The molecule has 0 saturated carbocycles. The molecular formula is C8H15ClN2O. The Bertz CT molecular complexity index is 194. The van der Waals surface area contributed by atoms with Crippen molar-refractivity contribution in [3.8, 4) is 0 Å². The molecule has 0 aromatic heterocycles. The number of aliphatic imine (C=N–C) groups is 1. The van der Waals surface area contributed by atoms with Gasteiger partial charge in [0.05, 0.1) is 21.1 Å². The van der Waals surface area contributed by atoms with E-state index in [2.05, 4.69) is 26.1 Å². The van der Waals surface area contributed by atoms with Crippen LogP contribution in [-0.2, 0) is 4.74 Å². The van der Waals surface area contributed by atoms with Gasteiger partial charge in [0.25, 0.3) is 0 Å². The molecule has 4 heteroatoms. The minimum Gasteiger partial charge on any atom is -1.00 e. The van der Waals surface area contributed by atoms with Crippen LogP contribution in [0.5, 0.6) is 0 Å². The summed E-state index contributed by atoms with van der Waals surface area (Å²) in [7, 11) is 6.42. The second-order valence-corrected chi connectivity index (χ2v) is 3.65. The van der Waals surface area contributed by atoms with E-state index in [9.17, 15) is 0 Å². The molecule has 1 heterocycles. The maximum Gasteiger partial charge on any atom is 0.214 e. The van der Waals surface area contributed by atoms with Gasteiger partial charge in [-0.1, -0.05) is 0 Å². The van der Waals surface area contributed by atoms with Crippen molar-refractivity contribution in [2.24, 2.45) is 4.99 Å². The van der Waals surface area contributed by atoms with Crippen molar-refractivity contribution >= 4 is 5.90 Å². The summed E-state index contributed by atoms with van der Waals surface area (Å²) in [5.74, 6) is 0.762. The zero-order chi connectivity index (χ0) is 8.32. The van der Waals surface area contributed by atoms with Gasteiger partial charge in [0.1, 0.15) is 13.2 Å². The maximum atomic E-state index is 5.30. The van der Waals surface area contributed by atoms with Crippen LogP contribution in [0, 0.1) is 0 Å². The Balaban J connectivity index is 0.00000121.